The summed E-state index contributed by atoms with van der Waals surface area (Å²) in [5.41, 5.74) is 3.64. The van der Waals surface area contributed by atoms with Crippen LogP contribution in [-0.2, 0) is 29.0 Å². The fraction of sp³-hybridized carbons (Fsp3) is 0.364. The Bertz CT molecular complexity index is 786. The van der Waals surface area contributed by atoms with Crippen molar-refractivity contribution in [3.05, 3.63) is 65.2 Å². The molecule has 1 aliphatic heterocycles. The molecule has 5 heteroatoms. The minimum Gasteiger partial charge on any atom is -0.497 e. The van der Waals surface area contributed by atoms with Crippen LogP contribution in [0.5, 0.6) is 5.75 Å². The van der Waals surface area contributed by atoms with E-state index in [9.17, 15) is 9.59 Å². The molecule has 142 valence electrons. The normalized spacial score (nSPS) is 13.0. The van der Waals surface area contributed by atoms with Gasteiger partial charge >= 0.3 is 0 Å². The molecule has 0 spiro atoms. The summed E-state index contributed by atoms with van der Waals surface area (Å²) in [6, 6.07) is 16.0. The molecule has 0 radical (unpaired) electrons. The van der Waals surface area contributed by atoms with E-state index in [0.717, 1.165) is 24.3 Å². The summed E-state index contributed by atoms with van der Waals surface area (Å²) in [6.07, 6.45) is 2.33. The molecule has 0 aromatic heterocycles. The second kappa shape index (κ2) is 9.21. The lowest BCUT2D eigenvalue weighted by atomic mass is 10.00. The molecule has 2 amide bonds. The highest BCUT2D eigenvalue weighted by atomic mass is 16.5. The Morgan fingerprint density at radius 2 is 1.78 bits per heavy atom. The van der Waals surface area contributed by atoms with Gasteiger partial charge in [0.2, 0.25) is 11.8 Å². The first-order valence-corrected chi connectivity index (χ1v) is 9.40. The molecule has 0 aliphatic carbocycles. The highest BCUT2D eigenvalue weighted by Crippen LogP contribution is 2.18. The number of methoxy groups -OCH3 is 1. The number of amides is 2. The maximum Gasteiger partial charge on any atom is 0.224 e. The second-order valence-corrected chi connectivity index (χ2v) is 6.78. The van der Waals surface area contributed by atoms with Crippen molar-refractivity contribution in [2.24, 2.45) is 0 Å². The van der Waals surface area contributed by atoms with Crippen molar-refractivity contribution in [2.75, 3.05) is 20.2 Å². The fourth-order valence-electron chi connectivity index (χ4n) is 3.31. The molecule has 0 bridgehead atoms. The molecule has 0 saturated carbocycles. The summed E-state index contributed by atoms with van der Waals surface area (Å²) < 4.78 is 5.12. The smallest absolute Gasteiger partial charge is 0.224 e. The third-order valence-corrected chi connectivity index (χ3v) is 4.94. The van der Waals surface area contributed by atoms with Gasteiger partial charge in [-0.2, -0.15) is 0 Å². The number of hydrogen-bond donors (Lipinski definition) is 1. The van der Waals surface area contributed by atoms with Gasteiger partial charge in [0.25, 0.3) is 0 Å². The van der Waals surface area contributed by atoms with Crippen molar-refractivity contribution in [1.82, 2.24) is 10.2 Å². The van der Waals surface area contributed by atoms with E-state index >= 15 is 0 Å². The van der Waals surface area contributed by atoms with Crippen LogP contribution in [0.4, 0.5) is 0 Å². The molecule has 0 unspecified atom stereocenters. The first-order chi connectivity index (χ1) is 13.2. The molecule has 27 heavy (non-hydrogen) atoms. The number of rotatable bonds is 7. The lowest BCUT2D eigenvalue weighted by Gasteiger charge is -2.29. The summed E-state index contributed by atoms with van der Waals surface area (Å²) in [4.78, 5) is 26.3. The van der Waals surface area contributed by atoms with Crippen LogP contribution in [0.2, 0.25) is 0 Å². The number of nitrogens with zero attached hydrogens (tertiary/aromatic N) is 1. The summed E-state index contributed by atoms with van der Waals surface area (Å²) in [7, 11) is 1.63. The van der Waals surface area contributed by atoms with Crippen molar-refractivity contribution < 1.29 is 14.3 Å². The minimum atomic E-state index is -0.0254. The van der Waals surface area contributed by atoms with Crippen molar-refractivity contribution in [1.29, 1.82) is 0 Å². The van der Waals surface area contributed by atoms with Gasteiger partial charge in [-0.15, -0.1) is 0 Å². The zero-order valence-corrected chi connectivity index (χ0v) is 15.7. The van der Waals surface area contributed by atoms with Gasteiger partial charge in [-0.1, -0.05) is 36.4 Å². The third-order valence-electron chi connectivity index (χ3n) is 4.94. The fourth-order valence-corrected chi connectivity index (χ4v) is 3.31. The third kappa shape index (κ3) is 5.33. The Kier molecular flexibility index (Phi) is 6.47. The molecule has 0 saturated heterocycles. The SMILES string of the molecule is COc1ccc(CCC(=O)NCCC(=O)N2CCc3ccccc3C2)cc1. The first-order valence-electron chi connectivity index (χ1n) is 9.40. The zero-order valence-electron chi connectivity index (χ0n) is 15.7. The average molecular weight is 366 g/mol. The van der Waals surface area contributed by atoms with Crippen LogP contribution in [0.15, 0.2) is 48.5 Å². The monoisotopic (exact) mass is 366 g/mol. The predicted octanol–water partition coefficient (Wildman–Crippen LogP) is 2.72. The quantitative estimate of drug-likeness (QED) is 0.820. The van der Waals surface area contributed by atoms with Crippen LogP contribution in [0, 0.1) is 0 Å². The van der Waals surface area contributed by atoms with Crippen LogP contribution in [0.1, 0.15) is 29.5 Å². The number of nitrogens with one attached hydrogen (secondary N) is 1. The van der Waals surface area contributed by atoms with Gasteiger partial charge in [0.1, 0.15) is 5.75 Å². The minimum absolute atomic E-state index is 0.0254. The molecule has 2 aromatic carbocycles. The van der Waals surface area contributed by atoms with Gasteiger partial charge in [-0.05, 0) is 41.7 Å². The first kappa shape index (κ1) is 19.0. The molecule has 5 nitrogen and oxygen atoms in total. The lowest BCUT2D eigenvalue weighted by Crippen LogP contribution is -2.38. The zero-order chi connectivity index (χ0) is 19.1. The Morgan fingerprint density at radius 3 is 2.52 bits per heavy atom. The number of carbonyl (C=O) groups excluding carboxylic acids is 2. The highest BCUT2D eigenvalue weighted by molar-refractivity contribution is 5.79. The van der Waals surface area contributed by atoms with E-state index in [0.29, 0.717) is 32.4 Å². The maximum atomic E-state index is 12.4. The van der Waals surface area contributed by atoms with Gasteiger partial charge in [-0.3, -0.25) is 9.59 Å². The summed E-state index contributed by atoms with van der Waals surface area (Å²) in [5.74, 6) is 0.879. The predicted molar refractivity (Wildman–Crippen MR) is 105 cm³/mol. The lowest BCUT2D eigenvalue weighted by molar-refractivity contribution is -0.132. The summed E-state index contributed by atoms with van der Waals surface area (Å²) in [6.45, 7) is 1.81. The van der Waals surface area contributed by atoms with Crippen LogP contribution in [-0.4, -0.2) is 36.9 Å². The molecule has 2 aromatic rings. The van der Waals surface area contributed by atoms with Gasteiger partial charge < -0.3 is 15.0 Å². The molecule has 1 N–H and O–H groups in total. The van der Waals surface area contributed by atoms with E-state index < -0.39 is 0 Å². The Morgan fingerprint density at radius 1 is 1.04 bits per heavy atom. The summed E-state index contributed by atoms with van der Waals surface area (Å²) in [5, 5.41) is 2.85. The van der Waals surface area contributed by atoms with Crippen LogP contribution in [0.3, 0.4) is 0 Å². The van der Waals surface area contributed by atoms with Gasteiger partial charge in [-0.25, -0.2) is 0 Å². The summed E-state index contributed by atoms with van der Waals surface area (Å²) >= 11 is 0. The molecule has 3 rings (SSSR count). The van der Waals surface area contributed by atoms with Gasteiger partial charge in [0, 0.05) is 32.5 Å². The van der Waals surface area contributed by atoms with Crippen molar-refractivity contribution in [3.63, 3.8) is 0 Å². The molecule has 0 atom stereocenters. The maximum absolute atomic E-state index is 12.4. The number of aryl methyl sites for hydroxylation is 1. The molecule has 0 fully saturated rings. The molecular weight excluding hydrogens is 340 g/mol. The van der Waals surface area contributed by atoms with Crippen LogP contribution < -0.4 is 10.1 Å². The van der Waals surface area contributed by atoms with Crippen LogP contribution in [0.25, 0.3) is 0 Å². The van der Waals surface area contributed by atoms with E-state index in [2.05, 4.69) is 17.4 Å². The highest BCUT2D eigenvalue weighted by Gasteiger charge is 2.19. The van der Waals surface area contributed by atoms with E-state index in [4.69, 9.17) is 4.74 Å². The number of ether oxygens (including phenoxy) is 1. The standard InChI is InChI=1S/C22H26N2O3/c1-27-20-9-6-17(7-10-20)8-11-21(25)23-14-12-22(26)24-15-13-18-4-2-3-5-19(18)16-24/h2-7,9-10H,8,11-16H2,1H3,(H,23,25). The topological polar surface area (TPSA) is 58.6 Å². The van der Waals surface area contributed by atoms with E-state index in [-0.39, 0.29) is 11.8 Å². The Balaban J connectivity index is 1.36. The van der Waals surface area contributed by atoms with Gasteiger partial charge in [0.15, 0.2) is 0 Å². The largest absolute Gasteiger partial charge is 0.497 e. The van der Waals surface area contributed by atoms with E-state index in [1.165, 1.54) is 11.1 Å². The number of hydrogen-bond acceptors (Lipinski definition) is 3. The number of benzene rings is 2. The number of fused-ring (bicyclic) bond motifs is 1. The second-order valence-electron chi connectivity index (χ2n) is 6.78. The van der Waals surface area contributed by atoms with Crippen molar-refractivity contribution in [2.45, 2.75) is 32.2 Å². The Hall–Kier alpha value is -2.82. The molecular formula is C22H26N2O3. The van der Waals surface area contributed by atoms with Crippen LogP contribution >= 0.6 is 0 Å². The van der Waals surface area contributed by atoms with Crippen molar-refractivity contribution >= 4 is 11.8 Å². The Labute approximate surface area is 160 Å². The van der Waals surface area contributed by atoms with Crippen molar-refractivity contribution in [3.8, 4) is 5.75 Å². The average Bonchev–Trinajstić information content (AvgIpc) is 2.72. The van der Waals surface area contributed by atoms with E-state index in [1.807, 2.05) is 41.3 Å². The molecule has 1 aliphatic rings. The van der Waals surface area contributed by atoms with E-state index in [1.54, 1.807) is 7.11 Å². The van der Waals surface area contributed by atoms with Gasteiger partial charge in [0.05, 0.1) is 7.11 Å². The molecule has 1 heterocycles. The number of carbonyl (C=O) groups is 2.